The zero-order chi connectivity index (χ0) is 17.8. The normalized spacial score (nSPS) is 17.1. The average Bonchev–Trinajstić information content (AvgIpc) is 3.28. The number of benzene rings is 1. The van der Waals surface area contributed by atoms with Crippen molar-refractivity contribution in [1.82, 2.24) is 15.4 Å². The molecule has 25 heavy (non-hydrogen) atoms. The largest absolute Gasteiger partial charge is 0.497 e. The number of ether oxygens (including phenoxy) is 1. The number of carbonyl (C=O) groups is 1. The van der Waals surface area contributed by atoms with Crippen molar-refractivity contribution in [3.63, 3.8) is 0 Å². The molecule has 6 heteroatoms. The second kappa shape index (κ2) is 7.59. The zero-order valence-corrected chi connectivity index (χ0v) is 15.0. The maximum Gasteiger partial charge on any atom is 0.318 e. The van der Waals surface area contributed by atoms with E-state index in [1.54, 1.807) is 7.11 Å². The van der Waals surface area contributed by atoms with Gasteiger partial charge in [0.05, 0.1) is 13.2 Å². The predicted octanol–water partition coefficient (Wildman–Crippen LogP) is 3.85. The summed E-state index contributed by atoms with van der Waals surface area (Å²) in [5.41, 5.74) is 1.85. The highest BCUT2D eigenvalue weighted by Crippen LogP contribution is 2.32. The first-order valence-corrected chi connectivity index (χ1v) is 8.72. The van der Waals surface area contributed by atoms with E-state index in [4.69, 9.17) is 9.26 Å². The Kier molecular flexibility index (Phi) is 5.26. The van der Waals surface area contributed by atoms with Gasteiger partial charge in [0, 0.05) is 25.1 Å². The number of nitrogens with one attached hydrogen (secondary N) is 1. The number of hydrogen-bond donors (Lipinski definition) is 1. The van der Waals surface area contributed by atoms with Crippen LogP contribution in [0.5, 0.6) is 5.75 Å². The minimum atomic E-state index is -0.0700. The molecule has 2 heterocycles. The van der Waals surface area contributed by atoms with Crippen molar-refractivity contribution in [3.8, 4) is 5.75 Å². The van der Waals surface area contributed by atoms with Crippen LogP contribution in [0.3, 0.4) is 0 Å². The smallest absolute Gasteiger partial charge is 0.318 e. The number of nitrogens with zero attached hydrogens (tertiary/aromatic N) is 2. The van der Waals surface area contributed by atoms with E-state index in [-0.39, 0.29) is 18.0 Å². The maximum absolute atomic E-state index is 12.6. The van der Waals surface area contributed by atoms with Crippen molar-refractivity contribution in [3.05, 3.63) is 47.3 Å². The van der Waals surface area contributed by atoms with Gasteiger partial charge in [0.15, 0.2) is 0 Å². The molecule has 1 N–H and O–H groups in total. The summed E-state index contributed by atoms with van der Waals surface area (Å²) < 4.78 is 10.6. The summed E-state index contributed by atoms with van der Waals surface area (Å²) in [7, 11) is 1.63. The van der Waals surface area contributed by atoms with E-state index in [1.165, 1.54) is 0 Å². The molecule has 2 amide bonds. The molecule has 3 rings (SSSR count). The molecule has 1 aromatic carbocycles. The second-order valence-corrected chi connectivity index (χ2v) is 6.67. The average molecular weight is 343 g/mol. The first kappa shape index (κ1) is 17.3. The highest BCUT2D eigenvalue weighted by atomic mass is 16.5. The van der Waals surface area contributed by atoms with Crippen LogP contribution in [-0.4, -0.2) is 29.7 Å². The molecule has 1 atom stereocenters. The van der Waals surface area contributed by atoms with Crippen LogP contribution >= 0.6 is 0 Å². The van der Waals surface area contributed by atoms with Gasteiger partial charge in [-0.05, 0) is 30.5 Å². The highest BCUT2D eigenvalue weighted by molar-refractivity contribution is 5.75. The fourth-order valence-electron chi connectivity index (χ4n) is 3.11. The molecule has 2 aromatic rings. The SMILES string of the molecule is COc1cccc(CNC(=O)N2CCCC2c2cc(C(C)C)on2)c1. The lowest BCUT2D eigenvalue weighted by atomic mass is 10.1. The van der Waals surface area contributed by atoms with Gasteiger partial charge in [0.2, 0.25) is 0 Å². The molecule has 0 saturated carbocycles. The van der Waals surface area contributed by atoms with Crippen molar-refractivity contribution >= 4 is 6.03 Å². The molecule has 1 fully saturated rings. The number of aromatic nitrogens is 1. The topological polar surface area (TPSA) is 67.6 Å². The van der Waals surface area contributed by atoms with E-state index in [1.807, 2.05) is 35.2 Å². The van der Waals surface area contributed by atoms with E-state index in [2.05, 4.69) is 24.3 Å². The van der Waals surface area contributed by atoms with E-state index in [0.717, 1.165) is 42.2 Å². The minimum absolute atomic E-state index is 0.0124. The maximum atomic E-state index is 12.6. The summed E-state index contributed by atoms with van der Waals surface area (Å²) in [5.74, 6) is 1.94. The molecule has 6 nitrogen and oxygen atoms in total. The van der Waals surface area contributed by atoms with Crippen LogP contribution in [0, 0.1) is 0 Å². The summed E-state index contributed by atoms with van der Waals surface area (Å²) in [6.45, 7) is 5.34. The third kappa shape index (κ3) is 3.95. The number of likely N-dealkylation sites (tertiary alicyclic amines) is 1. The van der Waals surface area contributed by atoms with E-state index >= 15 is 0 Å². The lowest BCUT2D eigenvalue weighted by Gasteiger charge is -2.23. The Balaban J connectivity index is 1.63. The Bertz CT molecular complexity index is 726. The molecule has 1 aliphatic heterocycles. The van der Waals surface area contributed by atoms with Gasteiger partial charge in [0.25, 0.3) is 0 Å². The summed E-state index contributed by atoms with van der Waals surface area (Å²) in [6.07, 6.45) is 1.89. The highest BCUT2D eigenvalue weighted by Gasteiger charge is 2.32. The molecule has 1 unspecified atom stereocenters. The van der Waals surface area contributed by atoms with Crippen molar-refractivity contribution in [2.75, 3.05) is 13.7 Å². The molecule has 134 valence electrons. The fraction of sp³-hybridized carbons (Fsp3) is 0.474. The van der Waals surface area contributed by atoms with Gasteiger partial charge in [0.1, 0.15) is 17.2 Å². The summed E-state index contributed by atoms with van der Waals surface area (Å²) >= 11 is 0. The van der Waals surface area contributed by atoms with Crippen LogP contribution < -0.4 is 10.1 Å². The van der Waals surface area contributed by atoms with Gasteiger partial charge >= 0.3 is 6.03 Å². The van der Waals surface area contributed by atoms with Crippen molar-refractivity contribution in [2.24, 2.45) is 0 Å². The van der Waals surface area contributed by atoms with E-state index in [9.17, 15) is 4.79 Å². The van der Waals surface area contributed by atoms with Gasteiger partial charge in [-0.15, -0.1) is 0 Å². The van der Waals surface area contributed by atoms with Crippen LogP contribution in [0.1, 0.15) is 55.7 Å². The third-order valence-corrected chi connectivity index (χ3v) is 4.55. The number of hydrogen-bond acceptors (Lipinski definition) is 4. The number of amides is 2. The molecule has 1 aliphatic rings. The lowest BCUT2D eigenvalue weighted by Crippen LogP contribution is -2.39. The van der Waals surface area contributed by atoms with Gasteiger partial charge < -0.3 is 19.5 Å². The number of urea groups is 1. The Morgan fingerprint density at radius 2 is 2.28 bits per heavy atom. The van der Waals surface area contributed by atoms with Crippen molar-refractivity contribution < 1.29 is 14.1 Å². The number of carbonyl (C=O) groups excluding carboxylic acids is 1. The molecule has 1 aromatic heterocycles. The van der Waals surface area contributed by atoms with Crippen LogP contribution in [0.25, 0.3) is 0 Å². The summed E-state index contributed by atoms with van der Waals surface area (Å²) in [4.78, 5) is 14.5. The van der Waals surface area contributed by atoms with Crippen LogP contribution in [0.2, 0.25) is 0 Å². The quantitative estimate of drug-likeness (QED) is 0.895. The zero-order valence-electron chi connectivity index (χ0n) is 15.0. The number of rotatable bonds is 5. The van der Waals surface area contributed by atoms with E-state index in [0.29, 0.717) is 6.54 Å². The Labute approximate surface area is 148 Å². The second-order valence-electron chi connectivity index (χ2n) is 6.67. The van der Waals surface area contributed by atoms with Gasteiger partial charge in [-0.3, -0.25) is 0 Å². The molecular weight excluding hydrogens is 318 g/mol. The van der Waals surface area contributed by atoms with Gasteiger partial charge in [-0.2, -0.15) is 0 Å². The van der Waals surface area contributed by atoms with Gasteiger partial charge in [-0.1, -0.05) is 31.1 Å². The standard InChI is InChI=1S/C19H25N3O3/c1-13(2)18-11-16(21-25-18)17-8-5-9-22(17)19(23)20-12-14-6-4-7-15(10-14)24-3/h4,6-7,10-11,13,17H,5,8-9,12H2,1-3H3,(H,20,23). The molecule has 0 bridgehead atoms. The van der Waals surface area contributed by atoms with Gasteiger partial charge in [-0.25, -0.2) is 4.79 Å². The first-order chi connectivity index (χ1) is 12.1. The first-order valence-electron chi connectivity index (χ1n) is 8.72. The molecule has 1 saturated heterocycles. The molecule has 0 radical (unpaired) electrons. The van der Waals surface area contributed by atoms with Crippen LogP contribution in [0.4, 0.5) is 4.79 Å². The molecule has 0 aliphatic carbocycles. The third-order valence-electron chi connectivity index (χ3n) is 4.55. The summed E-state index contributed by atoms with van der Waals surface area (Å²) in [6, 6.07) is 9.59. The Morgan fingerprint density at radius 3 is 3.00 bits per heavy atom. The fourth-order valence-corrected chi connectivity index (χ4v) is 3.11. The number of methoxy groups -OCH3 is 1. The van der Waals surface area contributed by atoms with Crippen LogP contribution in [0.15, 0.2) is 34.9 Å². The van der Waals surface area contributed by atoms with E-state index < -0.39 is 0 Å². The monoisotopic (exact) mass is 343 g/mol. The minimum Gasteiger partial charge on any atom is -0.497 e. The Hall–Kier alpha value is -2.50. The lowest BCUT2D eigenvalue weighted by molar-refractivity contribution is 0.190. The molecule has 0 spiro atoms. The molecular formula is C19H25N3O3. The van der Waals surface area contributed by atoms with Crippen molar-refractivity contribution in [1.29, 1.82) is 0 Å². The predicted molar refractivity (Wildman–Crippen MR) is 94.5 cm³/mol. The van der Waals surface area contributed by atoms with Crippen LogP contribution in [-0.2, 0) is 6.54 Å². The summed E-state index contributed by atoms with van der Waals surface area (Å²) in [5, 5.41) is 7.17. The van der Waals surface area contributed by atoms with Crippen molar-refractivity contribution in [2.45, 2.75) is 45.2 Å². The Morgan fingerprint density at radius 1 is 1.44 bits per heavy atom.